The molecule has 152 valence electrons. The minimum absolute atomic E-state index is 0.0145. The van der Waals surface area contributed by atoms with E-state index in [0.29, 0.717) is 29.9 Å². The summed E-state index contributed by atoms with van der Waals surface area (Å²) in [4.78, 5) is 38.6. The van der Waals surface area contributed by atoms with E-state index in [1.807, 2.05) is 4.57 Å². The van der Waals surface area contributed by atoms with Crippen molar-refractivity contribution in [2.24, 2.45) is 0 Å². The number of aromatic nitrogens is 3. The molecule has 10 nitrogen and oxygen atoms in total. The van der Waals surface area contributed by atoms with Crippen molar-refractivity contribution in [1.82, 2.24) is 18.6 Å². The summed E-state index contributed by atoms with van der Waals surface area (Å²) >= 11 is 0. The van der Waals surface area contributed by atoms with Crippen molar-refractivity contribution in [3.8, 4) is 0 Å². The third-order valence-corrected chi connectivity index (χ3v) is 5.66. The molecule has 1 aliphatic carbocycles. The first kappa shape index (κ1) is 17.6. The van der Waals surface area contributed by atoms with Crippen LogP contribution < -0.4 is 16.1 Å². The van der Waals surface area contributed by atoms with Gasteiger partial charge >= 0.3 is 11.8 Å². The van der Waals surface area contributed by atoms with E-state index in [0.717, 1.165) is 17.2 Å². The maximum Gasteiger partial charge on any atom is 0.407 e. The maximum atomic E-state index is 15.0. The number of carbonyl (C=O) groups is 1. The van der Waals surface area contributed by atoms with Crippen LogP contribution >= 0.6 is 0 Å². The molecule has 1 aromatic carbocycles. The first-order chi connectivity index (χ1) is 13.9. The van der Waals surface area contributed by atoms with Gasteiger partial charge in [-0.25, -0.2) is 18.4 Å². The van der Waals surface area contributed by atoms with Crippen molar-refractivity contribution < 1.29 is 19.5 Å². The molecule has 11 heteroatoms. The van der Waals surface area contributed by atoms with Gasteiger partial charge in [-0.15, -0.1) is 0 Å². The summed E-state index contributed by atoms with van der Waals surface area (Å²) in [7, 11) is 0. The number of halogens is 1. The molecule has 1 amide bonds. The zero-order valence-electron chi connectivity index (χ0n) is 15.3. The Morgan fingerprint density at radius 1 is 1.03 bits per heavy atom. The Hall–Kier alpha value is -3.50. The van der Waals surface area contributed by atoms with Crippen molar-refractivity contribution in [2.45, 2.75) is 18.9 Å². The third kappa shape index (κ3) is 2.57. The highest BCUT2D eigenvalue weighted by Gasteiger charge is 2.30. The van der Waals surface area contributed by atoms with Gasteiger partial charge in [0.05, 0.1) is 16.7 Å². The first-order valence-corrected chi connectivity index (χ1v) is 9.31. The summed E-state index contributed by atoms with van der Waals surface area (Å²) in [6.07, 6.45) is 0.749. The van der Waals surface area contributed by atoms with E-state index in [1.54, 1.807) is 11.0 Å². The second-order valence-corrected chi connectivity index (χ2v) is 7.42. The Kier molecular flexibility index (Phi) is 3.64. The monoisotopic (exact) mass is 403 g/mol. The van der Waals surface area contributed by atoms with Gasteiger partial charge in [0.25, 0.3) is 5.56 Å². The predicted molar refractivity (Wildman–Crippen MR) is 101 cm³/mol. The van der Waals surface area contributed by atoms with E-state index < -0.39 is 23.2 Å². The summed E-state index contributed by atoms with van der Waals surface area (Å²) in [5, 5.41) is 18.8. The lowest BCUT2D eigenvalue weighted by molar-refractivity contribution is 0.142. The lowest BCUT2D eigenvalue weighted by Crippen LogP contribution is -2.48. The number of nitrogens with zero attached hydrogens (tertiary/aromatic N) is 5. The van der Waals surface area contributed by atoms with E-state index in [4.69, 9.17) is 5.11 Å². The zero-order chi connectivity index (χ0) is 20.4. The van der Waals surface area contributed by atoms with Gasteiger partial charge in [-0.05, 0) is 18.9 Å². The van der Waals surface area contributed by atoms with Crippen LogP contribution in [0.1, 0.15) is 18.9 Å². The number of benzene rings is 1. The highest BCUT2D eigenvalue weighted by molar-refractivity contribution is 5.85. The van der Waals surface area contributed by atoms with Crippen molar-refractivity contribution in [3.05, 3.63) is 44.9 Å². The lowest BCUT2D eigenvalue weighted by atomic mass is 10.2. The van der Waals surface area contributed by atoms with Crippen LogP contribution in [0.4, 0.5) is 14.9 Å². The number of imidazole rings is 1. The van der Waals surface area contributed by atoms with E-state index in [2.05, 4.69) is 0 Å². The summed E-state index contributed by atoms with van der Waals surface area (Å²) in [5.41, 5.74) is -0.295. The number of amides is 1. The molecular formula is C18H18FN5O5. The molecule has 1 saturated carbocycles. The standard InChI is InChI=1S/C18H18FN5O5/c19-11-7-13-14(8-12(11)20-3-5-21(6-4-20)18(27)28)22(10-1-2-10)15-9-16(25)24(29)17(26)23(13)15/h7-10,29H,1-6H2,(H,27,28). The van der Waals surface area contributed by atoms with Crippen molar-refractivity contribution in [1.29, 1.82) is 0 Å². The van der Waals surface area contributed by atoms with Crippen molar-refractivity contribution >= 4 is 28.5 Å². The van der Waals surface area contributed by atoms with E-state index >= 15 is 0 Å². The molecule has 2 aromatic heterocycles. The Morgan fingerprint density at radius 3 is 2.34 bits per heavy atom. The van der Waals surface area contributed by atoms with Crippen LogP contribution in [-0.4, -0.2) is 61.2 Å². The Morgan fingerprint density at radius 2 is 1.72 bits per heavy atom. The molecule has 0 atom stereocenters. The van der Waals surface area contributed by atoms with Gasteiger partial charge in [-0.1, -0.05) is 4.73 Å². The molecule has 5 rings (SSSR count). The summed E-state index contributed by atoms with van der Waals surface area (Å²) in [6, 6.07) is 4.13. The van der Waals surface area contributed by atoms with Gasteiger partial charge in [0.2, 0.25) is 0 Å². The minimum Gasteiger partial charge on any atom is -0.465 e. The summed E-state index contributed by atoms with van der Waals surface area (Å²) in [6.45, 7) is 1.23. The molecular weight excluding hydrogens is 385 g/mol. The Balaban J connectivity index is 1.71. The van der Waals surface area contributed by atoms with Gasteiger partial charge < -0.3 is 24.7 Å². The predicted octanol–water partition coefficient (Wildman–Crippen LogP) is 0.927. The number of hydrogen-bond donors (Lipinski definition) is 2. The smallest absolute Gasteiger partial charge is 0.407 e. The van der Waals surface area contributed by atoms with E-state index in [-0.39, 0.29) is 29.4 Å². The molecule has 1 saturated heterocycles. The van der Waals surface area contributed by atoms with Gasteiger partial charge in [-0.2, -0.15) is 0 Å². The van der Waals surface area contributed by atoms with Gasteiger partial charge in [0, 0.05) is 44.4 Å². The second kappa shape index (κ2) is 6.00. The topological polar surface area (TPSA) is 112 Å². The molecule has 0 spiro atoms. The molecule has 2 fully saturated rings. The molecule has 29 heavy (non-hydrogen) atoms. The van der Waals surface area contributed by atoms with Crippen molar-refractivity contribution in [3.63, 3.8) is 0 Å². The number of anilines is 1. The molecule has 0 unspecified atom stereocenters. The lowest BCUT2D eigenvalue weighted by Gasteiger charge is -2.34. The molecule has 2 N–H and O–H groups in total. The normalized spacial score (nSPS) is 17.4. The molecule has 2 aliphatic rings. The fraction of sp³-hybridized carbons (Fsp3) is 0.389. The van der Waals surface area contributed by atoms with E-state index in [1.165, 1.54) is 17.0 Å². The maximum absolute atomic E-state index is 15.0. The second-order valence-electron chi connectivity index (χ2n) is 7.42. The largest absolute Gasteiger partial charge is 0.465 e. The van der Waals surface area contributed by atoms with Gasteiger partial charge in [0.15, 0.2) is 0 Å². The number of carboxylic acid groups (broad SMARTS) is 1. The SMILES string of the molecule is O=C(O)N1CCN(c2cc3c(cc2F)n2c(=O)n(O)c(=O)cc2n3C2CC2)CC1. The van der Waals surface area contributed by atoms with Crippen LogP contribution in [0.3, 0.4) is 0 Å². The number of rotatable bonds is 2. The van der Waals surface area contributed by atoms with Gasteiger partial charge in [-0.3, -0.25) is 4.79 Å². The quantitative estimate of drug-likeness (QED) is 0.616. The number of piperazine rings is 1. The van der Waals surface area contributed by atoms with E-state index in [9.17, 15) is 24.0 Å². The molecule has 0 bridgehead atoms. The summed E-state index contributed by atoms with van der Waals surface area (Å²) in [5.74, 6) is -0.557. The van der Waals surface area contributed by atoms with Crippen molar-refractivity contribution in [2.75, 3.05) is 31.1 Å². The average molecular weight is 403 g/mol. The van der Waals surface area contributed by atoms with Crippen LogP contribution in [0.15, 0.2) is 27.8 Å². The van der Waals surface area contributed by atoms with Crippen LogP contribution in [0, 0.1) is 5.82 Å². The highest BCUT2D eigenvalue weighted by atomic mass is 19.1. The number of fused-ring (bicyclic) bond motifs is 3. The Bertz CT molecular complexity index is 1280. The van der Waals surface area contributed by atoms with Crippen LogP contribution in [-0.2, 0) is 0 Å². The third-order valence-electron chi connectivity index (χ3n) is 5.66. The minimum atomic E-state index is -1.00. The molecule has 1 aliphatic heterocycles. The fourth-order valence-corrected chi connectivity index (χ4v) is 4.06. The fourth-order valence-electron chi connectivity index (χ4n) is 4.06. The average Bonchev–Trinajstić information content (AvgIpc) is 3.48. The first-order valence-electron chi connectivity index (χ1n) is 9.31. The zero-order valence-corrected chi connectivity index (χ0v) is 15.3. The van der Waals surface area contributed by atoms with Crippen LogP contribution in [0.25, 0.3) is 16.7 Å². The molecule has 3 heterocycles. The summed E-state index contributed by atoms with van der Waals surface area (Å²) < 4.78 is 18.0. The van der Waals surface area contributed by atoms with Gasteiger partial charge in [0.1, 0.15) is 11.5 Å². The number of hydrogen-bond acceptors (Lipinski definition) is 5. The van der Waals surface area contributed by atoms with Crippen LogP contribution in [0.2, 0.25) is 0 Å². The highest BCUT2D eigenvalue weighted by Crippen LogP contribution is 2.40. The van der Waals surface area contributed by atoms with Crippen LogP contribution in [0.5, 0.6) is 0 Å². The molecule has 0 radical (unpaired) electrons. The Labute approximate surface area is 162 Å². The molecule has 3 aromatic rings.